The summed E-state index contributed by atoms with van der Waals surface area (Å²) in [6, 6.07) is 1.95. The van der Waals surface area contributed by atoms with Crippen molar-refractivity contribution in [2.75, 3.05) is 25.0 Å². The molecule has 1 fully saturated rings. The number of carbonyl (C=O) groups excluding carboxylic acids is 1. The van der Waals surface area contributed by atoms with Crippen LogP contribution in [0.25, 0.3) is 0 Å². The van der Waals surface area contributed by atoms with Crippen LogP contribution in [0.4, 0.5) is 5.82 Å². The second-order valence-electron chi connectivity index (χ2n) is 6.50. The predicted octanol–water partition coefficient (Wildman–Crippen LogP) is 2.50. The molecule has 1 aliphatic heterocycles. The first-order valence-corrected chi connectivity index (χ1v) is 8.12. The minimum Gasteiger partial charge on any atom is -0.359 e. The molecule has 0 atom stereocenters. The Kier molecular flexibility index (Phi) is 4.86. The molecule has 0 radical (unpaired) electrons. The molecule has 2 rings (SSSR count). The van der Waals surface area contributed by atoms with Gasteiger partial charge in [-0.15, -0.1) is 0 Å². The third kappa shape index (κ3) is 3.93. The van der Waals surface area contributed by atoms with Crippen LogP contribution in [-0.4, -0.2) is 36.0 Å². The highest BCUT2D eigenvalue weighted by atomic mass is 79.9. The summed E-state index contributed by atoms with van der Waals surface area (Å²) in [6.45, 7) is 8.03. The fourth-order valence-electron chi connectivity index (χ4n) is 2.48. The van der Waals surface area contributed by atoms with Crippen molar-refractivity contribution in [1.29, 1.82) is 0 Å². The van der Waals surface area contributed by atoms with E-state index in [1.807, 2.05) is 6.07 Å². The zero-order valence-electron chi connectivity index (χ0n) is 13.1. The Balaban J connectivity index is 2.13. The molecule has 5 nitrogen and oxygen atoms in total. The zero-order chi connectivity index (χ0) is 15.6. The third-order valence-electron chi connectivity index (χ3n) is 3.79. The van der Waals surface area contributed by atoms with Gasteiger partial charge < -0.3 is 10.2 Å². The average molecular weight is 355 g/mol. The summed E-state index contributed by atoms with van der Waals surface area (Å²) in [5.41, 5.74) is -0.0844. The van der Waals surface area contributed by atoms with Crippen molar-refractivity contribution < 1.29 is 4.79 Å². The molecule has 0 unspecified atom stereocenters. The van der Waals surface area contributed by atoms with Crippen molar-refractivity contribution in [3.63, 3.8) is 0 Å². The lowest BCUT2D eigenvalue weighted by molar-refractivity contribution is -0.125. The Bertz CT molecular complexity index is 519. The number of piperidine rings is 1. The number of halogens is 1. The fraction of sp³-hybridized carbons (Fsp3) is 0.667. The Morgan fingerprint density at radius 3 is 2.48 bits per heavy atom. The van der Waals surface area contributed by atoms with Gasteiger partial charge in [-0.2, -0.15) is 0 Å². The van der Waals surface area contributed by atoms with Crippen LogP contribution in [0.2, 0.25) is 0 Å². The Hall–Kier alpha value is -1.17. The number of hydrogen-bond donors (Lipinski definition) is 1. The van der Waals surface area contributed by atoms with E-state index >= 15 is 0 Å². The Labute approximate surface area is 134 Å². The maximum Gasteiger partial charge on any atom is 0.222 e. The number of aromatic nitrogens is 2. The zero-order valence-corrected chi connectivity index (χ0v) is 14.7. The highest BCUT2D eigenvalue weighted by molar-refractivity contribution is 9.10. The van der Waals surface area contributed by atoms with E-state index in [0.717, 1.165) is 42.2 Å². The van der Waals surface area contributed by atoms with Crippen molar-refractivity contribution in [3.05, 3.63) is 16.5 Å². The molecule has 1 aromatic rings. The smallest absolute Gasteiger partial charge is 0.222 e. The number of amides is 1. The van der Waals surface area contributed by atoms with Crippen molar-refractivity contribution in [2.45, 2.75) is 39.0 Å². The van der Waals surface area contributed by atoms with E-state index < -0.39 is 0 Å². The van der Waals surface area contributed by atoms with Gasteiger partial charge in [-0.1, -0.05) is 20.8 Å². The maximum atomic E-state index is 11.7. The van der Waals surface area contributed by atoms with E-state index in [-0.39, 0.29) is 17.2 Å². The molecule has 0 spiro atoms. The van der Waals surface area contributed by atoms with Gasteiger partial charge in [-0.05, 0) is 28.8 Å². The highest BCUT2D eigenvalue weighted by Crippen LogP contribution is 2.27. The average Bonchev–Trinajstić information content (AvgIpc) is 2.45. The first kappa shape index (κ1) is 16.2. The lowest BCUT2D eigenvalue weighted by atomic mass is 9.95. The molecule has 0 aromatic carbocycles. The topological polar surface area (TPSA) is 58.1 Å². The van der Waals surface area contributed by atoms with Crippen molar-refractivity contribution >= 4 is 27.7 Å². The molecular weight excluding hydrogens is 332 g/mol. The molecule has 0 bridgehead atoms. The molecular formula is C15H23BrN4O. The maximum absolute atomic E-state index is 11.7. The largest absolute Gasteiger partial charge is 0.359 e. The number of rotatable bonds is 2. The van der Waals surface area contributed by atoms with E-state index in [4.69, 9.17) is 4.98 Å². The summed E-state index contributed by atoms with van der Waals surface area (Å²) < 4.78 is 0.811. The lowest BCUT2D eigenvalue weighted by Gasteiger charge is -2.32. The number of carbonyl (C=O) groups is 1. The predicted molar refractivity (Wildman–Crippen MR) is 87.4 cm³/mol. The minimum atomic E-state index is -0.0844. The summed E-state index contributed by atoms with van der Waals surface area (Å²) in [7, 11) is 1.70. The van der Waals surface area contributed by atoms with Crippen LogP contribution in [0.15, 0.2) is 10.7 Å². The normalized spacial score (nSPS) is 16.9. The van der Waals surface area contributed by atoms with Crippen LogP contribution in [0.5, 0.6) is 0 Å². The third-order valence-corrected chi connectivity index (χ3v) is 4.19. The first-order chi connectivity index (χ1) is 9.81. The summed E-state index contributed by atoms with van der Waals surface area (Å²) in [5.74, 6) is 2.05. The van der Waals surface area contributed by atoms with Crippen LogP contribution in [0.3, 0.4) is 0 Å². The van der Waals surface area contributed by atoms with Crippen LogP contribution in [0, 0.1) is 5.92 Å². The Morgan fingerprint density at radius 2 is 1.95 bits per heavy atom. The van der Waals surface area contributed by atoms with Gasteiger partial charge in [0.25, 0.3) is 0 Å². The lowest BCUT2D eigenvalue weighted by Crippen LogP contribution is -2.40. The number of hydrogen-bond acceptors (Lipinski definition) is 4. The molecule has 0 aliphatic carbocycles. The van der Waals surface area contributed by atoms with E-state index in [9.17, 15) is 4.79 Å². The second kappa shape index (κ2) is 6.30. The molecule has 1 amide bonds. The first-order valence-electron chi connectivity index (χ1n) is 7.33. The van der Waals surface area contributed by atoms with E-state index in [1.165, 1.54) is 0 Å². The standard InChI is InChI=1S/C15H23BrN4O/c1-15(2,3)14-18-11(16)9-12(19-14)20-7-5-10(6-8-20)13(21)17-4/h9-10H,5-8H2,1-4H3,(H,17,21). The quantitative estimate of drug-likeness (QED) is 0.829. The van der Waals surface area contributed by atoms with Gasteiger partial charge >= 0.3 is 0 Å². The molecule has 1 N–H and O–H groups in total. The van der Waals surface area contributed by atoms with Crippen molar-refractivity contribution in [1.82, 2.24) is 15.3 Å². The molecule has 0 saturated carbocycles. The van der Waals surface area contributed by atoms with Gasteiger partial charge in [0.05, 0.1) is 0 Å². The fourth-order valence-corrected chi connectivity index (χ4v) is 2.85. The molecule has 6 heteroatoms. The number of anilines is 1. The van der Waals surface area contributed by atoms with Gasteiger partial charge in [0.1, 0.15) is 16.2 Å². The van der Waals surface area contributed by atoms with Crippen LogP contribution in [-0.2, 0) is 10.2 Å². The van der Waals surface area contributed by atoms with Crippen molar-refractivity contribution in [3.8, 4) is 0 Å². The summed E-state index contributed by atoms with van der Waals surface area (Å²) in [6.07, 6.45) is 1.73. The minimum absolute atomic E-state index is 0.0844. The van der Waals surface area contributed by atoms with Gasteiger partial charge in [-0.3, -0.25) is 4.79 Å². The van der Waals surface area contributed by atoms with Crippen LogP contribution >= 0.6 is 15.9 Å². The summed E-state index contributed by atoms with van der Waals surface area (Å²) in [4.78, 5) is 23.1. The molecule has 21 heavy (non-hydrogen) atoms. The number of nitrogens with one attached hydrogen (secondary N) is 1. The van der Waals surface area contributed by atoms with Crippen LogP contribution < -0.4 is 10.2 Å². The summed E-state index contributed by atoms with van der Waals surface area (Å²) in [5, 5.41) is 2.74. The van der Waals surface area contributed by atoms with Gasteiger partial charge in [0.15, 0.2) is 0 Å². The van der Waals surface area contributed by atoms with E-state index in [0.29, 0.717) is 0 Å². The van der Waals surface area contributed by atoms with Crippen LogP contribution in [0.1, 0.15) is 39.4 Å². The molecule has 1 saturated heterocycles. The van der Waals surface area contributed by atoms with Gasteiger partial charge in [0, 0.05) is 37.5 Å². The highest BCUT2D eigenvalue weighted by Gasteiger charge is 2.26. The van der Waals surface area contributed by atoms with Gasteiger partial charge in [-0.25, -0.2) is 9.97 Å². The number of nitrogens with zero attached hydrogens (tertiary/aromatic N) is 3. The van der Waals surface area contributed by atoms with Gasteiger partial charge in [0.2, 0.25) is 5.91 Å². The summed E-state index contributed by atoms with van der Waals surface area (Å²) >= 11 is 3.48. The molecule has 1 aromatic heterocycles. The monoisotopic (exact) mass is 354 g/mol. The molecule has 2 heterocycles. The second-order valence-corrected chi connectivity index (χ2v) is 7.31. The van der Waals surface area contributed by atoms with E-state index in [2.05, 4.69) is 51.9 Å². The Morgan fingerprint density at radius 1 is 1.33 bits per heavy atom. The van der Waals surface area contributed by atoms with Crippen molar-refractivity contribution in [2.24, 2.45) is 5.92 Å². The molecule has 1 aliphatic rings. The van der Waals surface area contributed by atoms with E-state index in [1.54, 1.807) is 7.05 Å². The SMILES string of the molecule is CNC(=O)C1CCN(c2cc(Br)nc(C(C)(C)C)n2)CC1. The molecule has 116 valence electrons.